The number of nitrogens with zero attached hydrogens (tertiary/aromatic N) is 1. The Labute approximate surface area is 91.9 Å². The summed E-state index contributed by atoms with van der Waals surface area (Å²) in [5.74, 6) is 0. The summed E-state index contributed by atoms with van der Waals surface area (Å²) >= 11 is 0. The first-order valence-electron chi connectivity index (χ1n) is 5.14. The summed E-state index contributed by atoms with van der Waals surface area (Å²) < 4.78 is 0. The van der Waals surface area contributed by atoms with E-state index in [1.165, 1.54) is 16.8 Å². The number of hydrogen-bond donors (Lipinski definition) is 0. The van der Waals surface area contributed by atoms with Crippen LogP contribution in [0.1, 0.15) is 32.6 Å². The molecule has 0 bridgehead atoms. The number of carbonyl (C=O) groups excluding carboxylic acids is 1. The van der Waals surface area contributed by atoms with Crippen molar-refractivity contribution in [3.05, 3.63) is 27.8 Å². The van der Waals surface area contributed by atoms with Crippen LogP contribution in [0.15, 0.2) is 0 Å². The molecule has 0 amide bonds. The van der Waals surface area contributed by atoms with Crippen LogP contribution in [-0.2, 0) is 0 Å². The van der Waals surface area contributed by atoms with E-state index >= 15 is 0 Å². The van der Waals surface area contributed by atoms with E-state index in [9.17, 15) is 4.79 Å². The molecule has 1 rings (SSSR count). The zero-order valence-electron chi connectivity index (χ0n) is 10.4. The summed E-state index contributed by atoms with van der Waals surface area (Å²) in [7, 11) is 4.07. The van der Waals surface area contributed by atoms with Crippen LogP contribution < -0.4 is 4.90 Å². The molecule has 0 radical (unpaired) electrons. The molecule has 1 aromatic carbocycles. The van der Waals surface area contributed by atoms with Crippen molar-refractivity contribution in [3.8, 4) is 0 Å². The Bertz CT molecular complexity index is 376. The van der Waals surface area contributed by atoms with Gasteiger partial charge in [0.1, 0.15) is 0 Å². The second-order valence-electron chi connectivity index (χ2n) is 4.27. The zero-order valence-corrected chi connectivity index (χ0v) is 10.4. The minimum atomic E-state index is 0.843. The summed E-state index contributed by atoms with van der Waals surface area (Å²) in [4.78, 5) is 13.1. The molecule has 1 aromatic rings. The number of aldehydes is 1. The van der Waals surface area contributed by atoms with Gasteiger partial charge in [0.15, 0.2) is 6.29 Å². The minimum absolute atomic E-state index is 0.843. The SMILES string of the molecule is Cc1c(C)c(N(C)C)c(C)c(C)c1C=O. The number of carbonyl (C=O) groups is 1. The van der Waals surface area contributed by atoms with Crippen LogP contribution in [0.3, 0.4) is 0 Å². The Morgan fingerprint density at radius 1 is 0.867 bits per heavy atom. The van der Waals surface area contributed by atoms with Crippen molar-refractivity contribution in [1.82, 2.24) is 0 Å². The van der Waals surface area contributed by atoms with Crippen molar-refractivity contribution >= 4 is 12.0 Å². The molecule has 15 heavy (non-hydrogen) atoms. The Morgan fingerprint density at radius 2 is 1.27 bits per heavy atom. The second-order valence-corrected chi connectivity index (χ2v) is 4.27. The molecular formula is C13H19NO. The fourth-order valence-electron chi connectivity index (χ4n) is 2.17. The lowest BCUT2D eigenvalue weighted by atomic mass is 9.92. The lowest BCUT2D eigenvalue weighted by Crippen LogP contribution is -2.15. The molecule has 0 unspecified atom stereocenters. The molecule has 0 aliphatic carbocycles. The van der Waals surface area contributed by atoms with E-state index in [4.69, 9.17) is 0 Å². The zero-order chi connectivity index (χ0) is 11.7. The standard InChI is InChI=1S/C13H19NO/c1-8-10(3)13(14(5)6)11(4)9(2)12(8)7-15/h7H,1-6H3. The minimum Gasteiger partial charge on any atom is -0.377 e. The van der Waals surface area contributed by atoms with E-state index in [2.05, 4.69) is 18.7 Å². The van der Waals surface area contributed by atoms with Gasteiger partial charge in [0.05, 0.1) is 0 Å². The Hall–Kier alpha value is -1.31. The second kappa shape index (κ2) is 4.05. The molecule has 0 heterocycles. The molecule has 0 saturated heterocycles. The maximum atomic E-state index is 11.0. The third-order valence-electron chi connectivity index (χ3n) is 3.21. The number of hydrogen-bond acceptors (Lipinski definition) is 2. The van der Waals surface area contributed by atoms with Gasteiger partial charge in [0.25, 0.3) is 0 Å². The molecule has 2 nitrogen and oxygen atoms in total. The Morgan fingerprint density at radius 3 is 1.53 bits per heavy atom. The highest BCUT2D eigenvalue weighted by Crippen LogP contribution is 2.31. The average Bonchev–Trinajstić information content (AvgIpc) is 2.16. The van der Waals surface area contributed by atoms with Gasteiger partial charge in [-0.2, -0.15) is 0 Å². The molecule has 82 valence electrons. The molecule has 0 spiro atoms. The average molecular weight is 205 g/mol. The van der Waals surface area contributed by atoms with Crippen LogP contribution in [0.4, 0.5) is 5.69 Å². The molecule has 0 aliphatic rings. The predicted octanol–water partition coefficient (Wildman–Crippen LogP) is 2.80. The van der Waals surface area contributed by atoms with Crippen LogP contribution in [0.5, 0.6) is 0 Å². The first-order chi connectivity index (χ1) is 6.91. The van der Waals surface area contributed by atoms with Crippen LogP contribution in [0, 0.1) is 27.7 Å². The van der Waals surface area contributed by atoms with Crippen LogP contribution in [0.2, 0.25) is 0 Å². The summed E-state index contributed by atoms with van der Waals surface area (Å²) in [6.07, 6.45) is 0.962. The van der Waals surface area contributed by atoms with Gasteiger partial charge >= 0.3 is 0 Å². The van der Waals surface area contributed by atoms with E-state index in [-0.39, 0.29) is 0 Å². The summed E-state index contributed by atoms with van der Waals surface area (Å²) in [6, 6.07) is 0. The van der Waals surface area contributed by atoms with Gasteiger partial charge in [-0.3, -0.25) is 4.79 Å². The van der Waals surface area contributed by atoms with Gasteiger partial charge in [-0.15, -0.1) is 0 Å². The van der Waals surface area contributed by atoms with Crippen molar-refractivity contribution in [2.75, 3.05) is 19.0 Å². The molecule has 0 aromatic heterocycles. The Balaban J connectivity index is 3.66. The smallest absolute Gasteiger partial charge is 0.150 e. The first-order valence-corrected chi connectivity index (χ1v) is 5.14. The van der Waals surface area contributed by atoms with Crippen LogP contribution >= 0.6 is 0 Å². The van der Waals surface area contributed by atoms with Crippen molar-refractivity contribution in [1.29, 1.82) is 0 Å². The summed E-state index contributed by atoms with van der Waals surface area (Å²) in [6.45, 7) is 8.17. The summed E-state index contributed by atoms with van der Waals surface area (Å²) in [5, 5.41) is 0. The highest BCUT2D eigenvalue weighted by Gasteiger charge is 2.14. The van der Waals surface area contributed by atoms with Crippen molar-refractivity contribution in [3.63, 3.8) is 0 Å². The molecule has 0 fully saturated rings. The van der Waals surface area contributed by atoms with E-state index < -0.39 is 0 Å². The summed E-state index contributed by atoms with van der Waals surface area (Å²) in [5.41, 5.74) is 6.66. The number of anilines is 1. The first kappa shape index (κ1) is 11.8. The maximum Gasteiger partial charge on any atom is 0.150 e. The van der Waals surface area contributed by atoms with Crippen molar-refractivity contribution < 1.29 is 4.79 Å². The molecule has 0 N–H and O–H groups in total. The van der Waals surface area contributed by atoms with Crippen LogP contribution in [-0.4, -0.2) is 20.4 Å². The Kier molecular flexibility index (Phi) is 3.18. The third kappa shape index (κ3) is 1.76. The van der Waals surface area contributed by atoms with E-state index in [1.54, 1.807) is 0 Å². The maximum absolute atomic E-state index is 11.0. The van der Waals surface area contributed by atoms with E-state index in [0.717, 1.165) is 23.0 Å². The van der Waals surface area contributed by atoms with Gasteiger partial charge in [0, 0.05) is 25.3 Å². The van der Waals surface area contributed by atoms with Crippen LogP contribution in [0.25, 0.3) is 0 Å². The van der Waals surface area contributed by atoms with Gasteiger partial charge in [-0.05, 0) is 49.9 Å². The lowest BCUT2D eigenvalue weighted by Gasteiger charge is -2.23. The fourth-order valence-corrected chi connectivity index (χ4v) is 2.17. The molecule has 2 heteroatoms. The number of rotatable bonds is 2. The van der Waals surface area contributed by atoms with Gasteiger partial charge < -0.3 is 4.90 Å². The van der Waals surface area contributed by atoms with Crippen molar-refractivity contribution in [2.24, 2.45) is 0 Å². The van der Waals surface area contributed by atoms with Gasteiger partial charge in [0.2, 0.25) is 0 Å². The quantitative estimate of drug-likeness (QED) is 0.692. The van der Waals surface area contributed by atoms with E-state index in [0.29, 0.717) is 0 Å². The number of benzene rings is 1. The molecule has 0 atom stereocenters. The molecular weight excluding hydrogens is 186 g/mol. The largest absolute Gasteiger partial charge is 0.377 e. The highest BCUT2D eigenvalue weighted by molar-refractivity contribution is 5.84. The normalized spacial score (nSPS) is 10.3. The molecule has 0 saturated carbocycles. The third-order valence-corrected chi connectivity index (χ3v) is 3.21. The van der Waals surface area contributed by atoms with E-state index in [1.807, 2.05) is 27.9 Å². The predicted molar refractivity (Wildman–Crippen MR) is 65.1 cm³/mol. The van der Waals surface area contributed by atoms with Gasteiger partial charge in [-0.25, -0.2) is 0 Å². The fraction of sp³-hybridized carbons (Fsp3) is 0.462. The molecule has 0 aliphatic heterocycles. The monoisotopic (exact) mass is 205 g/mol. The topological polar surface area (TPSA) is 20.3 Å². The van der Waals surface area contributed by atoms with Gasteiger partial charge in [-0.1, -0.05) is 0 Å². The highest BCUT2D eigenvalue weighted by atomic mass is 16.1. The van der Waals surface area contributed by atoms with Crippen molar-refractivity contribution in [2.45, 2.75) is 27.7 Å². The lowest BCUT2D eigenvalue weighted by molar-refractivity contribution is 0.112.